The molecule has 0 saturated carbocycles. The summed E-state index contributed by atoms with van der Waals surface area (Å²) < 4.78 is 33.9. The lowest BCUT2D eigenvalue weighted by atomic mass is 9.79. The van der Waals surface area contributed by atoms with Crippen LogP contribution in [0.4, 0.5) is 8.78 Å². The monoisotopic (exact) mass is 506 g/mol. The first-order valence-corrected chi connectivity index (χ1v) is 12.7. The van der Waals surface area contributed by atoms with Crippen molar-refractivity contribution >= 4 is 16.9 Å². The molecule has 3 aromatic rings. The minimum Gasteiger partial charge on any atom is -0.497 e. The van der Waals surface area contributed by atoms with Gasteiger partial charge < -0.3 is 9.84 Å². The van der Waals surface area contributed by atoms with Crippen molar-refractivity contribution in [2.75, 3.05) is 26.7 Å². The van der Waals surface area contributed by atoms with Crippen LogP contribution in [0.2, 0.25) is 0 Å². The number of pyridine rings is 1. The van der Waals surface area contributed by atoms with Crippen molar-refractivity contribution in [1.29, 1.82) is 0 Å². The van der Waals surface area contributed by atoms with Gasteiger partial charge in [-0.15, -0.1) is 0 Å². The molecule has 2 heterocycles. The highest BCUT2D eigenvalue weighted by Gasteiger charge is 2.30. The molecule has 5 nitrogen and oxygen atoms in total. The van der Waals surface area contributed by atoms with Gasteiger partial charge in [0.25, 0.3) is 0 Å². The topological polar surface area (TPSA) is 62.7 Å². The molecule has 1 saturated heterocycles. The maximum Gasteiger partial charge on any atom is 0.303 e. The highest BCUT2D eigenvalue weighted by molar-refractivity contribution is 5.83. The third-order valence-corrected chi connectivity index (χ3v) is 7.19. The van der Waals surface area contributed by atoms with Crippen molar-refractivity contribution in [2.24, 2.45) is 11.8 Å². The van der Waals surface area contributed by atoms with Crippen LogP contribution < -0.4 is 4.74 Å². The molecule has 2 aromatic carbocycles. The molecule has 7 heteroatoms. The van der Waals surface area contributed by atoms with E-state index in [-0.39, 0.29) is 24.1 Å². The normalized spacial score (nSPS) is 18.7. The van der Waals surface area contributed by atoms with E-state index in [1.807, 2.05) is 18.2 Å². The maximum absolute atomic E-state index is 15.5. The Morgan fingerprint density at radius 1 is 1.19 bits per heavy atom. The zero-order valence-corrected chi connectivity index (χ0v) is 21.0. The number of alkyl halides is 1. The van der Waals surface area contributed by atoms with Gasteiger partial charge in [0, 0.05) is 30.1 Å². The number of ether oxygens (including phenoxy) is 1. The Labute approximate surface area is 216 Å². The molecule has 0 amide bonds. The van der Waals surface area contributed by atoms with Gasteiger partial charge >= 0.3 is 5.97 Å². The summed E-state index contributed by atoms with van der Waals surface area (Å²) in [7, 11) is 1.59. The van der Waals surface area contributed by atoms with E-state index >= 15 is 4.39 Å². The third kappa shape index (κ3) is 7.27. The average Bonchev–Trinajstić information content (AvgIpc) is 2.91. The highest BCUT2D eigenvalue weighted by Crippen LogP contribution is 2.36. The SMILES string of the molecule is COc1ccc2nccc([C@H](F)CC[C@@H]3CCN(CC#Cc4ccc(F)cc4)C[C@H]3CCC(=O)O)c2c1. The van der Waals surface area contributed by atoms with Crippen molar-refractivity contribution in [3.8, 4) is 17.6 Å². The Balaban J connectivity index is 1.39. The summed E-state index contributed by atoms with van der Waals surface area (Å²) in [5.74, 6) is 6.19. The summed E-state index contributed by atoms with van der Waals surface area (Å²) in [5, 5.41) is 10.0. The number of rotatable bonds is 9. The predicted octanol–water partition coefficient (Wildman–Crippen LogP) is 6.03. The first-order chi connectivity index (χ1) is 17.9. The molecule has 0 spiro atoms. The number of hydrogen-bond donors (Lipinski definition) is 1. The number of aliphatic carboxylic acids is 1. The Morgan fingerprint density at radius 3 is 2.76 bits per heavy atom. The quantitative estimate of drug-likeness (QED) is 0.359. The van der Waals surface area contributed by atoms with Gasteiger partial charge in [-0.3, -0.25) is 14.7 Å². The number of piperidine rings is 1. The van der Waals surface area contributed by atoms with Crippen molar-refractivity contribution in [3.05, 3.63) is 71.7 Å². The first-order valence-electron chi connectivity index (χ1n) is 12.7. The summed E-state index contributed by atoms with van der Waals surface area (Å²) in [6.45, 7) is 2.13. The van der Waals surface area contributed by atoms with Gasteiger partial charge in [0.2, 0.25) is 0 Å². The number of carboxylic acids is 1. The molecule has 4 rings (SSSR count). The number of carbonyl (C=O) groups is 1. The smallest absolute Gasteiger partial charge is 0.303 e. The van der Waals surface area contributed by atoms with Gasteiger partial charge in [-0.2, -0.15) is 0 Å². The fourth-order valence-corrected chi connectivity index (χ4v) is 5.16. The predicted molar refractivity (Wildman–Crippen MR) is 140 cm³/mol. The second kappa shape index (κ2) is 12.6. The van der Waals surface area contributed by atoms with Crippen molar-refractivity contribution in [3.63, 3.8) is 0 Å². The number of methoxy groups -OCH3 is 1. The molecule has 37 heavy (non-hydrogen) atoms. The van der Waals surface area contributed by atoms with Crippen LogP contribution in [-0.2, 0) is 4.79 Å². The lowest BCUT2D eigenvalue weighted by molar-refractivity contribution is -0.137. The number of halogens is 2. The van der Waals surface area contributed by atoms with Crippen LogP contribution >= 0.6 is 0 Å². The van der Waals surface area contributed by atoms with E-state index in [9.17, 15) is 14.3 Å². The lowest BCUT2D eigenvalue weighted by Gasteiger charge is -2.38. The molecule has 3 atom stereocenters. The van der Waals surface area contributed by atoms with Gasteiger partial charge in [-0.25, -0.2) is 8.78 Å². The summed E-state index contributed by atoms with van der Waals surface area (Å²) >= 11 is 0. The van der Waals surface area contributed by atoms with E-state index in [1.54, 1.807) is 31.5 Å². The van der Waals surface area contributed by atoms with Crippen molar-refractivity contribution in [2.45, 2.75) is 38.3 Å². The second-order valence-corrected chi connectivity index (χ2v) is 9.61. The van der Waals surface area contributed by atoms with Gasteiger partial charge in [-0.1, -0.05) is 11.8 Å². The van der Waals surface area contributed by atoms with Crippen LogP contribution in [0.15, 0.2) is 54.7 Å². The van der Waals surface area contributed by atoms with Crippen LogP contribution in [0.5, 0.6) is 5.75 Å². The fraction of sp³-hybridized carbons (Fsp3) is 0.400. The van der Waals surface area contributed by atoms with Crippen LogP contribution in [0.3, 0.4) is 0 Å². The van der Waals surface area contributed by atoms with Gasteiger partial charge in [-0.05, 0) is 98.2 Å². The van der Waals surface area contributed by atoms with E-state index < -0.39 is 12.1 Å². The van der Waals surface area contributed by atoms with E-state index in [0.29, 0.717) is 37.1 Å². The van der Waals surface area contributed by atoms with Crippen LogP contribution in [0.1, 0.15) is 49.4 Å². The molecular weight excluding hydrogens is 474 g/mol. The summed E-state index contributed by atoms with van der Waals surface area (Å²) in [6.07, 6.45) is 3.09. The zero-order valence-electron chi connectivity index (χ0n) is 21.0. The molecule has 1 aliphatic heterocycles. The largest absolute Gasteiger partial charge is 0.497 e. The number of benzene rings is 2. The number of nitrogens with zero attached hydrogens (tertiary/aromatic N) is 2. The molecular formula is C30H32F2N2O3. The minimum absolute atomic E-state index is 0.101. The van der Waals surface area contributed by atoms with E-state index in [4.69, 9.17) is 4.74 Å². The Hall–Kier alpha value is -3.50. The highest BCUT2D eigenvalue weighted by atomic mass is 19.1. The zero-order chi connectivity index (χ0) is 26.2. The van der Waals surface area contributed by atoms with Crippen LogP contribution in [-0.4, -0.2) is 47.7 Å². The number of aromatic nitrogens is 1. The Morgan fingerprint density at radius 2 is 2.00 bits per heavy atom. The standard InChI is InChI=1S/C30H32F2N2O3/c1-37-25-10-12-29-27(19-25)26(14-16-33-29)28(32)11-6-22-15-18-34(20-23(22)7-13-30(35)36)17-2-3-21-4-8-24(31)9-5-21/h4-5,8-10,12,14,16,19,22-23,28H,6-7,11,13,15,17-18,20H2,1H3,(H,35,36)/t22-,23-,28-/m1/s1. The van der Waals surface area contributed by atoms with Crippen molar-refractivity contribution < 1.29 is 23.4 Å². The van der Waals surface area contributed by atoms with Crippen LogP contribution in [0.25, 0.3) is 10.9 Å². The van der Waals surface area contributed by atoms with E-state index in [1.165, 1.54) is 12.1 Å². The summed E-state index contributed by atoms with van der Waals surface area (Å²) in [6, 6.07) is 13.3. The lowest BCUT2D eigenvalue weighted by Crippen LogP contribution is -2.41. The van der Waals surface area contributed by atoms with Gasteiger partial charge in [0.05, 0.1) is 19.2 Å². The Bertz CT molecular complexity index is 1270. The number of likely N-dealkylation sites (tertiary alicyclic amines) is 1. The first kappa shape index (κ1) is 26.6. The molecule has 194 valence electrons. The summed E-state index contributed by atoms with van der Waals surface area (Å²) in [4.78, 5) is 17.9. The van der Waals surface area contributed by atoms with Gasteiger partial charge in [0.1, 0.15) is 17.7 Å². The second-order valence-electron chi connectivity index (χ2n) is 9.61. The number of carboxylic acid groups (broad SMARTS) is 1. The molecule has 1 aliphatic rings. The van der Waals surface area contributed by atoms with E-state index in [2.05, 4.69) is 21.7 Å². The molecule has 0 bridgehead atoms. The van der Waals surface area contributed by atoms with Crippen molar-refractivity contribution in [1.82, 2.24) is 9.88 Å². The number of hydrogen-bond acceptors (Lipinski definition) is 4. The molecule has 0 unspecified atom stereocenters. The minimum atomic E-state index is -1.14. The van der Waals surface area contributed by atoms with Gasteiger partial charge in [0.15, 0.2) is 0 Å². The maximum atomic E-state index is 15.5. The third-order valence-electron chi connectivity index (χ3n) is 7.19. The van der Waals surface area contributed by atoms with Crippen LogP contribution in [0, 0.1) is 29.5 Å². The number of fused-ring (bicyclic) bond motifs is 1. The molecule has 0 radical (unpaired) electrons. The molecule has 0 aliphatic carbocycles. The molecule has 1 N–H and O–H groups in total. The summed E-state index contributed by atoms with van der Waals surface area (Å²) in [5.41, 5.74) is 2.10. The Kier molecular flexibility index (Phi) is 9.08. The molecule has 1 fully saturated rings. The molecule has 1 aromatic heterocycles. The fourth-order valence-electron chi connectivity index (χ4n) is 5.16. The van der Waals surface area contributed by atoms with E-state index in [0.717, 1.165) is 36.0 Å². The average molecular weight is 507 g/mol.